The standard InChI is InChI=1S/C27H23F3N4O4S2/c1-4-11-34-24(15(2)38-21-10-9-18(29)12-20(21)30)32-33-27(34)40-14-22(35)31-25-23(26(36)37-3)19(13-39-25)16-5-7-17(28)8-6-16/h4-10,12-13,15H,1,11,14H2,2-3H3,(H,31,35). The molecule has 0 saturated heterocycles. The van der Waals surface area contributed by atoms with Gasteiger partial charge in [-0.15, -0.1) is 28.1 Å². The molecule has 1 N–H and O–H groups in total. The zero-order valence-electron chi connectivity index (χ0n) is 21.3. The van der Waals surface area contributed by atoms with Crippen LogP contribution in [0, 0.1) is 17.5 Å². The van der Waals surface area contributed by atoms with Gasteiger partial charge in [-0.2, -0.15) is 0 Å². The molecule has 40 heavy (non-hydrogen) atoms. The summed E-state index contributed by atoms with van der Waals surface area (Å²) in [6, 6.07) is 8.61. The second-order valence-corrected chi connectivity index (χ2v) is 10.1. The first kappa shape index (κ1) is 28.9. The van der Waals surface area contributed by atoms with Crippen molar-refractivity contribution in [3.63, 3.8) is 0 Å². The van der Waals surface area contributed by atoms with Crippen LogP contribution in [0.5, 0.6) is 5.75 Å². The molecule has 8 nitrogen and oxygen atoms in total. The lowest BCUT2D eigenvalue weighted by molar-refractivity contribution is -0.113. The first-order valence-corrected chi connectivity index (χ1v) is 13.6. The van der Waals surface area contributed by atoms with Crippen LogP contribution in [-0.2, 0) is 16.1 Å². The maximum Gasteiger partial charge on any atom is 0.341 e. The number of anilines is 1. The third-order valence-corrected chi connectivity index (χ3v) is 7.40. The van der Waals surface area contributed by atoms with Crippen LogP contribution in [0.1, 0.15) is 29.2 Å². The van der Waals surface area contributed by atoms with Crippen LogP contribution in [0.15, 0.2) is 65.7 Å². The summed E-state index contributed by atoms with van der Waals surface area (Å²) in [5, 5.41) is 13.4. The predicted octanol–water partition coefficient (Wildman–Crippen LogP) is 6.27. The van der Waals surface area contributed by atoms with E-state index in [1.165, 1.54) is 37.4 Å². The Hall–Kier alpha value is -4.10. The van der Waals surface area contributed by atoms with Crippen LogP contribution >= 0.6 is 23.1 Å². The largest absolute Gasteiger partial charge is 0.480 e. The SMILES string of the molecule is C=CCn1c(SCC(=O)Nc2scc(-c3ccc(F)cc3)c2C(=O)OC)nnc1C(C)Oc1ccc(F)cc1F. The zero-order valence-corrected chi connectivity index (χ0v) is 23.0. The van der Waals surface area contributed by atoms with Crippen LogP contribution < -0.4 is 10.1 Å². The van der Waals surface area contributed by atoms with E-state index >= 15 is 0 Å². The number of thioether (sulfide) groups is 1. The van der Waals surface area contributed by atoms with E-state index in [1.54, 1.807) is 22.9 Å². The summed E-state index contributed by atoms with van der Waals surface area (Å²) in [7, 11) is 1.23. The topological polar surface area (TPSA) is 95.3 Å². The normalized spacial score (nSPS) is 11.6. The van der Waals surface area contributed by atoms with Crippen molar-refractivity contribution in [2.45, 2.75) is 24.7 Å². The zero-order chi connectivity index (χ0) is 28.8. The number of benzene rings is 2. The molecule has 4 aromatic rings. The van der Waals surface area contributed by atoms with Gasteiger partial charge < -0.3 is 14.8 Å². The molecule has 0 bridgehead atoms. The number of ether oxygens (including phenoxy) is 2. The lowest BCUT2D eigenvalue weighted by Gasteiger charge is -2.16. The van der Waals surface area contributed by atoms with Crippen molar-refractivity contribution < 1.29 is 32.2 Å². The Labute approximate surface area is 235 Å². The van der Waals surface area contributed by atoms with Gasteiger partial charge in [-0.1, -0.05) is 30.0 Å². The summed E-state index contributed by atoms with van der Waals surface area (Å²) in [6.45, 7) is 5.65. The minimum absolute atomic E-state index is 0.0818. The van der Waals surface area contributed by atoms with Crippen LogP contribution in [0.25, 0.3) is 11.1 Å². The molecule has 0 aliphatic carbocycles. The van der Waals surface area contributed by atoms with Gasteiger partial charge in [-0.3, -0.25) is 9.36 Å². The number of nitrogens with zero attached hydrogens (tertiary/aromatic N) is 3. The number of amides is 1. The van der Waals surface area contributed by atoms with Gasteiger partial charge in [0.25, 0.3) is 0 Å². The minimum Gasteiger partial charge on any atom is -0.480 e. The minimum atomic E-state index is -0.851. The molecular weight excluding hydrogens is 565 g/mol. The highest BCUT2D eigenvalue weighted by Gasteiger charge is 2.24. The maximum absolute atomic E-state index is 14.1. The van der Waals surface area contributed by atoms with E-state index in [0.29, 0.717) is 22.1 Å². The van der Waals surface area contributed by atoms with Gasteiger partial charge in [0.05, 0.1) is 12.9 Å². The molecule has 0 saturated carbocycles. The van der Waals surface area contributed by atoms with E-state index < -0.39 is 35.4 Å². The van der Waals surface area contributed by atoms with Crippen molar-refractivity contribution in [3.05, 3.63) is 89.3 Å². The van der Waals surface area contributed by atoms with Crippen LogP contribution in [0.4, 0.5) is 18.2 Å². The van der Waals surface area contributed by atoms with Gasteiger partial charge in [0.2, 0.25) is 5.91 Å². The number of aromatic nitrogens is 3. The number of methoxy groups -OCH3 is 1. The average Bonchev–Trinajstić information content (AvgIpc) is 3.53. The van der Waals surface area contributed by atoms with E-state index in [9.17, 15) is 22.8 Å². The number of nitrogens with one attached hydrogen (secondary N) is 1. The molecule has 2 aromatic heterocycles. The van der Waals surface area contributed by atoms with Gasteiger partial charge in [-0.25, -0.2) is 18.0 Å². The number of hydrogen-bond donors (Lipinski definition) is 1. The van der Waals surface area contributed by atoms with E-state index in [4.69, 9.17) is 9.47 Å². The Morgan fingerprint density at radius 2 is 1.88 bits per heavy atom. The van der Waals surface area contributed by atoms with E-state index in [-0.39, 0.29) is 28.6 Å². The molecule has 0 spiro atoms. The van der Waals surface area contributed by atoms with Crippen LogP contribution in [-0.4, -0.2) is 39.5 Å². The number of allylic oxidation sites excluding steroid dienone is 1. The van der Waals surface area contributed by atoms with Crippen LogP contribution in [0.3, 0.4) is 0 Å². The van der Waals surface area contributed by atoms with Crippen molar-refractivity contribution in [2.75, 3.05) is 18.2 Å². The molecular formula is C27H23F3N4O4S2. The maximum atomic E-state index is 14.1. The fourth-order valence-corrected chi connectivity index (χ4v) is 5.44. The van der Waals surface area contributed by atoms with Gasteiger partial charge in [-0.05, 0) is 36.8 Å². The molecule has 0 aliphatic rings. The molecule has 0 radical (unpaired) electrons. The number of halogens is 3. The summed E-state index contributed by atoms with van der Waals surface area (Å²) in [4.78, 5) is 25.4. The van der Waals surface area contributed by atoms with E-state index in [0.717, 1.165) is 35.2 Å². The Morgan fingerprint density at radius 1 is 1.15 bits per heavy atom. The predicted molar refractivity (Wildman–Crippen MR) is 146 cm³/mol. The highest BCUT2D eigenvalue weighted by molar-refractivity contribution is 7.99. The highest BCUT2D eigenvalue weighted by atomic mass is 32.2. The van der Waals surface area contributed by atoms with Gasteiger partial charge in [0, 0.05) is 23.6 Å². The van der Waals surface area contributed by atoms with Crippen LogP contribution in [0.2, 0.25) is 0 Å². The van der Waals surface area contributed by atoms with Gasteiger partial charge >= 0.3 is 5.97 Å². The number of carbonyl (C=O) groups excluding carboxylic acids is 2. The molecule has 2 aromatic carbocycles. The third-order valence-electron chi connectivity index (χ3n) is 5.54. The second kappa shape index (κ2) is 12.8. The summed E-state index contributed by atoms with van der Waals surface area (Å²) in [6.07, 6.45) is 0.849. The molecule has 0 aliphatic heterocycles. The first-order chi connectivity index (χ1) is 19.2. The summed E-state index contributed by atoms with van der Waals surface area (Å²) >= 11 is 2.22. The molecule has 2 heterocycles. The molecule has 13 heteroatoms. The summed E-state index contributed by atoms with van der Waals surface area (Å²) in [5.41, 5.74) is 1.25. The Morgan fingerprint density at radius 3 is 2.55 bits per heavy atom. The number of carbonyl (C=O) groups is 2. The molecule has 208 valence electrons. The second-order valence-electron chi connectivity index (χ2n) is 8.26. The fourth-order valence-electron chi connectivity index (χ4n) is 3.71. The van der Waals surface area contributed by atoms with Crippen molar-refractivity contribution in [3.8, 4) is 16.9 Å². The lowest BCUT2D eigenvalue weighted by atomic mass is 10.0. The smallest absolute Gasteiger partial charge is 0.341 e. The van der Waals surface area contributed by atoms with Crippen molar-refractivity contribution in [1.82, 2.24) is 14.8 Å². The highest BCUT2D eigenvalue weighted by Crippen LogP contribution is 2.36. The number of rotatable bonds is 11. The first-order valence-electron chi connectivity index (χ1n) is 11.8. The van der Waals surface area contributed by atoms with Crippen molar-refractivity contribution in [2.24, 2.45) is 0 Å². The molecule has 1 atom stereocenters. The Bertz CT molecular complexity index is 1540. The summed E-state index contributed by atoms with van der Waals surface area (Å²) < 4.78 is 52.9. The summed E-state index contributed by atoms with van der Waals surface area (Å²) in [5.74, 6) is -2.94. The number of hydrogen-bond acceptors (Lipinski definition) is 8. The quantitative estimate of drug-likeness (QED) is 0.125. The Balaban J connectivity index is 1.48. The number of esters is 1. The number of thiophene rings is 1. The fraction of sp³-hybridized carbons (Fsp3) is 0.185. The van der Waals surface area contributed by atoms with Gasteiger partial charge in [0.15, 0.2) is 28.7 Å². The van der Waals surface area contributed by atoms with E-state index in [2.05, 4.69) is 22.1 Å². The lowest BCUT2D eigenvalue weighted by Crippen LogP contribution is -2.17. The van der Waals surface area contributed by atoms with Crippen molar-refractivity contribution >= 4 is 40.0 Å². The Kier molecular flexibility index (Phi) is 9.27. The monoisotopic (exact) mass is 588 g/mol. The molecule has 1 unspecified atom stereocenters. The average molecular weight is 589 g/mol. The molecule has 0 fully saturated rings. The molecule has 1 amide bonds. The van der Waals surface area contributed by atoms with Crippen molar-refractivity contribution in [1.29, 1.82) is 0 Å². The third kappa shape index (κ3) is 6.54. The van der Waals surface area contributed by atoms with Gasteiger partial charge in [0.1, 0.15) is 22.2 Å². The van der Waals surface area contributed by atoms with E-state index in [1.807, 2.05) is 0 Å². The molecule has 4 rings (SSSR count).